The van der Waals surface area contributed by atoms with Gasteiger partial charge in [-0.05, 0) is 59.1 Å². The number of rotatable bonds is 6. The van der Waals surface area contributed by atoms with Crippen LogP contribution in [0.1, 0.15) is 80.5 Å². The van der Waals surface area contributed by atoms with E-state index in [0.29, 0.717) is 5.75 Å². The first-order valence-electron chi connectivity index (χ1n) is 9.81. The molecule has 2 aromatic carbocycles. The number of benzene rings is 2. The minimum Gasteiger partial charge on any atom is -0.507 e. The molecule has 0 fully saturated rings. The lowest BCUT2D eigenvalue weighted by atomic mass is 9.75. The maximum absolute atomic E-state index is 10.5. The standard InChI is InChI=1S/C25H32O/c1-8-17-13-21(14-18(9-2)23(17)12-5)25(6,7)22-15-19(10-3)24(26)20(11-4)16-22/h5,13-16,26H,8-11H2,1-4,6-7H3. The highest BCUT2D eigenvalue weighted by Crippen LogP contribution is 2.37. The number of hydrogen-bond acceptors (Lipinski definition) is 1. The van der Waals surface area contributed by atoms with Crippen molar-refractivity contribution in [1.29, 1.82) is 0 Å². The average molecular weight is 349 g/mol. The van der Waals surface area contributed by atoms with E-state index in [0.717, 1.165) is 42.4 Å². The topological polar surface area (TPSA) is 20.2 Å². The summed E-state index contributed by atoms with van der Waals surface area (Å²) in [5.41, 5.74) is 8.01. The fourth-order valence-electron chi connectivity index (χ4n) is 3.70. The average Bonchev–Trinajstić information content (AvgIpc) is 2.66. The Hall–Kier alpha value is -2.20. The summed E-state index contributed by atoms with van der Waals surface area (Å²) < 4.78 is 0. The summed E-state index contributed by atoms with van der Waals surface area (Å²) in [7, 11) is 0. The first kappa shape index (κ1) is 20.1. The minimum atomic E-state index is -0.150. The molecule has 0 unspecified atom stereocenters. The van der Waals surface area contributed by atoms with Crippen LogP contribution in [0, 0.1) is 12.3 Å². The third-order valence-corrected chi connectivity index (χ3v) is 5.68. The molecular formula is C25H32O. The van der Waals surface area contributed by atoms with Crippen LogP contribution in [0.5, 0.6) is 5.75 Å². The van der Waals surface area contributed by atoms with Crippen molar-refractivity contribution in [3.63, 3.8) is 0 Å². The van der Waals surface area contributed by atoms with E-state index in [9.17, 15) is 5.11 Å². The van der Waals surface area contributed by atoms with E-state index in [2.05, 4.69) is 71.7 Å². The van der Waals surface area contributed by atoms with Crippen molar-refractivity contribution >= 4 is 0 Å². The second kappa shape index (κ2) is 8.00. The molecule has 0 saturated heterocycles. The fourth-order valence-corrected chi connectivity index (χ4v) is 3.70. The Morgan fingerprint density at radius 2 is 1.12 bits per heavy atom. The highest BCUT2D eigenvalue weighted by molar-refractivity contribution is 5.54. The normalized spacial score (nSPS) is 11.4. The van der Waals surface area contributed by atoms with Crippen molar-refractivity contribution in [3.05, 3.63) is 63.2 Å². The molecule has 0 saturated carbocycles. The van der Waals surface area contributed by atoms with E-state index in [1.165, 1.54) is 22.3 Å². The van der Waals surface area contributed by atoms with Crippen LogP contribution < -0.4 is 0 Å². The summed E-state index contributed by atoms with van der Waals surface area (Å²) in [6.45, 7) is 13.0. The Morgan fingerprint density at radius 3 is 1.42 bits per heavy atom. The number of phenolic OH excluding ortho intramolecular Hbond substituents is 1. The van der Waals surface area contributed by atoms with E-state index < -0.39 is 0 Å². The summed E-state index contributed by atoms with van der Waals surface area (Å²) in [6, 6.07) is 8.89. The van der Waals surface area contributed by atoms with Gasteiger partial charge in [0.25, 0.3) is 0 Å². The highest BCUT2D eigenvalue weighted by atomic mass is 16.3. The quantitative estimate of drug-likeness (QED) is 0.640. The predicted molar refractivity (Wildman–Crippen MR) is 112 cm³/mol. The molecule has 0 atom stereocenters. The van der Waals surface area contributed by atoms with Gasteiger partial charge in [-0.3, -0.25) is 0 Å². The predicted octanol–water partition coefficient (Wildman–Crippen LogP) is 5.95. The summed E-state index contributed by atoms with van der Waals surface area (Å²) in [6.07, 6.45) is 9.33. The van der Waals surface area contributed by atoms with Gasteiger partial charge >= 0.3 is 0 Å². The van der Waals surface area contributed by atoms with Gasteiger partial charge in [0, 0.05) is 11.0 Å². The van der Waals surface area contributed by atoms with Crippen LogP contribution in [0.25, 0.3) is 0 Å². The Morgan fingerprint density at radius 1 is 0.769 bits per heavy atom. The van der Waals surface area contributed by atoms with Crippen LogP contribution in [0.4, 0.5) is 0 Å². The second-order valence-corrected chi connectivity index (χ2v) is 7.50. The molecule has 0 aliphatic carbocycles. The Balaban J connectivity index is 2.70. The maximum atomic E-state index is 10.5. The number of hydrogen-bond donors (Lipinski definition) is 1. The number of terminal acetylenes is 1. The van der Waals surface area contributed by atoms with Gasteiger partial charge in [0.15, 0.2) is 0 Å². The van der Waals surface area contributed by atoms with Crippen LogP contribution in [0.2, 0.25) is 0 Å². The maximum Gasteiger partial charge on any atom is 0.121 e. The molecule has 138 valence electrons. The first-order chi connectivity index (χ1) is 12.3. The van der Waals surface area contributed by atoms with Gasteiger partial charge in [0.05, 0.1) is 0 Å². The lowest BCUT2D eigenvalue weighted by molar-refractivity contribution is 0.461. The molecule has 1 N–H and O–H groups in total. The summed E-state index contributed by atoms with van der Waals surface area (Å²) in [4.78, 5) is 0. The lowest BCUT2D eigenvalue weighted by Crippen LogP contribution is -2.21. The van der Waals surface area contributed by atoms with Gasteiger partial charge in [0.1, 0.15) is 5.75 Å². The van der Waals surface area contributed by atoms with Gasteiger partial charge in [-0.15, -0.1) is 6.42 Å². The Kier molecular flexibility index (Phi) is 6.19. The first-order valence-corrected chi connectivity index (χ1v) is 9.81. The van der Waals surface area contributed by atoms with E-state index in [1.54, 1.807) is 0 Å². The van der Waals surface area contributed by atoms with E-state index in [-0.39, 0.29) is 5.41 Å². The van der Waals surface area contributed by atoms with Crippen molar-refractivity contribution in [2.45, 2.75) is 72.6 Å². The smallest absolute Gasteiger partial charge is 0.121 e. The molecule has 0 amide bonds. The van der Waals surface area contributed by atoms with Crippen molar-refractivity contribution in [2.24, 2.45) is 0 Å². The molecule has 0 heterocycles. The highest BCUT2D eigenvalue weighted by Gasteiger charge is 2.26. The molecule has 2 rings (SSSR count). The van der Waals surface area contributed by atoms with Gasteiger partial charge in [-0.2, -0.15) is 0 Å². The van der Waals surface area contributed by atoms with Crippen LogP contribution in [-0.2, 0) is 31.1 Å². The zero-order chi connectivity index (χ0) is 19.5. The second-order valence-electron chi connectivity index (χ2n) is 7.50. The molecule has 26 heavy (non-hydrogen) atoms. The van der Waals surface area contributed by atoms with Crippen molar-refractivity contribution < 1.29 is 5.11 Å². The molecule has 0 bridgehead atoms. The largest absolute Gasteiger partial charge is 0.507 e. The SMILES string of the molecule is C#Cc1c(CC)cc(C(C)(C)c2cc(CC)c(O)c(CC)c2)cc1CC. The molecule has 0 aliphatic rings. The van der Waals surface area contributed by atoms with Gasteiger partial charge < -0.3 is 5.11 Å². The zero-order valence-electron chi connectivity index (χ0n) is 17.2. The lowest BCUT2D eigenvalue weighted by Gasteiger charge is -2.29. The number of aryl methyl sites for hydroxylation is 4. The summed E-state index contributed by atoms with van der Waals surface area (Å²) in [5.74, 6) is 3.35. The monoisotopic (exact) mass is 348 g/mol. The van der Waals surface area contributed by atoms with Crippen molar-refractivity contribution in [1.82, 2.24) is 0 Å². The molecule has 1 nitrogen and oxygen atoms in total. The summed E-state index contributed by atoms with van der Waals surface area (Å²) in [5, 5.41) is 10.5. The molecule has 0 aliphatic heterocycles. The van der Waals surface area contributed by atoms with Gasteiger partial charge in [-0.25, -0.2) is 0 Å². The number of aromatic hydroxyl groups is 1. The third-order valence-electron chi connectivity index (χ3n) is 5.68. The van der Waals surface area contributed by atoms with Gasteiger partial charge in [-0.1, -0.05) is 71.7 Å². The van der Waals surface area contributed by atoms with Crippen LogP contribution in [-0.4, -0.2) is 5.11 Å². The third kappa shape index (κ3) is 3.51. The summed E-state index contributed by atoms with van der Waals surface area (Å²) >= 11 is 0. The minimum absolute atomic E-state index is 0.150. The Labute approximate surface area is 159 Å². The van der Waals surface area contributed by atoms with E-state index in [4.69, 9.17) is 6.42 Å². The number of phenols is 1. The fraction of sp³-hybridized carbons (Fsp3) is 0.440. The van der Waals surface area contributed by atoms with Crippen LogP contribution in [0.15, 0.2) is 24.3 Å². The van der Waals surface area contributed by atoms with Crippen molar-refractivity contribution in [3.8, 4) is 18.1 Å². The van der Waals surface area contributed by atoms with E-state index in [1.807, 2.05) is 0 Å². The van der Waals surface area contributed by atoms with Crippen molar-refractivity contribution in [2.75, 3.05) is 0 Å². The molecule has 2 aromatic rings. The molecule has 0 spiro atoms. The Bertz CT molecular complexity index is 784. The molecule has 1 heteroatoms. The molecule has 0 radical (unpaired) electrons. The molecule has 0 aromatic heterocycles. The van der Waals surface area contributed by atoms with Gasteiger partial charge in [0.2, 0.25) is 0 Å². The van der Waals surface area contributed by atoms with E-state index >= 15 is 0 Å². The van der Waals surface area contributed by atoms with Crippen LogP contribution in [0.3, 0.4) is 0 Å². The zero-order valence-corrected chi connectivity index (χ0v) is 17.2. The van der Waals surface area contributed by atoms with Crippen LogP contribution >= 0.6 is 0 Å². The molecular weight excluding hydrogens is 316 g/mol.